The standard InChI is InChI=1S/C28H30N2O8/c1-11-13-9-10-14(12-7-5-4-6-8-12)21(31)16(13)22(32)17-15(11)23(33)19-20(30(2)3)24(34)18(27(29)37)26(36)28(19,38)25(17)35/h4-11,15,18-20,23-24,31-34,38H,1-3H3,(H2,29,37)/t11-,15+,18?,19+,20-,23-,24?,28-/m0/s1. The first-order valence-electron chi connectivity index (χ1n) is 12.3. The van der Waals surface area contributed by atoms with Crippen LogP contribution in [-0.4, -0.2) is 85.9 Å². The number of aliphatic hydroxyl groups excluding tert-OH is 3. The van der Waals surface area contributed by atoms with Crippen LogP contribution in [0.5, 0.6) is 5.75 Å². The first kappa shape index (κ1) is 26.1. The van der Waals surface area contributed by atoms with Gasteiger partial charge < -0.3 is 36.2 Å². The Labute approximate surface area is 218 Å². The molecule has 0 aliphatic heterocycles. The summed E-state index contributed by atoms with van der Waals surface area (Å²) in [5, 5.41) is 57.0. The van der Waals surface area contributed by atoms with Crippen LogP contribution in [0, 0.1) is 17.8 Å². The van der Waals surface area contributed by atoms with Crippen molar-refractivity contribution in [1.29, 1.82) is 0 Å². The Morgan fingerprint density at radius 2 is 1.63 bits per heavy atom. The Morgan fingerprint density at radius 1 is 1.00 bits per heavy atom. The lowest BCUT2D eigenvalue weighted by atomic mass is 9.51. The summed E-state index contributed by atoms with van der Waals surface area (Å²) < 4.78 is 0. The van der Waals surface area contributed by atoms with E-state index in [4.69, 9.17) is 5.73 Å². The Hall–Kier alpha value is -3.57. The predicted molar refractivity (Wildman–Crippen MR) is 136 cm³/mol. The molecule has 0 spiro atoms. The van der Waals surface area contributed by atoms with Gasteiger partial charge in [0.2, 0.25) is 11.7 Å². The fourth-order valence-electron chi connectivity index (χ4n) is 6.83. The number of likely N-dealkylation sites (N-methyl/N-ethyl adjacent to an activating group) is 1. The van der Waals surface area contributed by atoms with Crippen molar-refractivity contribution in [3.63, 3.8) is 0 Å². The molecule has 38 heavy (non-hydrogen) atoms. The number of ketones is 2. The quantitative estimate of drug-likeness (QED) is 0.309. The number of hydrogen-bond acceptors (Lipinski definition) is 9. The maximum absolute atomic E-state index is 14.0. The molecule has 2 saturated carbocycles. The van der Waals surface area contributed by atoms with E-state index < -0.39 is 76.3 Å². The Balaban J connectivity index is 1.75. The second kappa shape index (κ2) is 8.74. The van der Waals surface area contributed by atoms with E-state index in [-0.39, 0.29) is 11.3 Å². The van der Waals surface area contributed by atoms with Crippen molar-refractivity contribution in [1.82, 2.24) is 4.90 Å². The van der Waals surface area contributed by atoms with Crippen LogP contribution in [0.3, 0.4) is 0 Å². The van der Waals surface area contributed by atoms with E-state index in [1.165, 1.54) is 19.0 Å². The van der Waals surface area contributed by atoms with Gasteiger partial charge in [-0.25, -0.2) is 0 Å². The molecule has 0 saturated heterocycles. The minimum atomic E-state index is -2.95. The van der Waals surface area contributed by atoms with Gasteiger partial charge in [-0.05, 0) is 31.1 Å². The highest BCUT2D eigenvalue weighted by molar-refractivity contribution is 6.25. The minimum absolute atomic E-state index is 0.0355. The summed E-state index contributed by atoms with van der Waals surface area (Å²) in [6.45, 7) is 1.70. The van der Waals surface area contributed by atoms with E-state index >= 15 is 0 Å². The third-order valence-corrected chi connectivity index (χ3v) is 8.58. The molecule has 2 aromatic rings. The van der Waals surface area contributed by atoms with Gasteiger partial charge in [-0.1, -0.05) is 49.4 Å². The first-order valence-corrected chi connectivity index (χ1v) is 12.3. The van der Waals surface area contributed by atoms with Crippen LogP contribution in [0.15, 0.2) is 48.0 Å². The van der Waals surface area contributed by atoms with Gasteiger partial charge in [0.25, 0.3) is 0 Å². The van der Waals surface area contributed by atoms with Crippen LogP contribution < -0.4 is 5.73 Å². The van der Waals surface area contributed by atoms with Crippen molar-refractivity contribution < 1.29 is 39.9 Å². The molecule has 7 N–H and O–H groups in total. The van der Waals surface area contributed by atoms with Crippen molar-refractivity contribution in [2.24, 2.45) is 23.5 Å². The van der Waals surface area contributed by atoms with Gasteiger partial charge in [-0.3, -0.25) is 14.4 Å². The van der Waals surface area contributed by atoms with Crippen LogP contribution in [0.1, 0.15) is 24.0 Å². The molecule has 2 fully saturated rings. The summed E-state index contributed by atoms with van der Waals surface area (Å²) in [5.41, 5.74) is 3.50. The van der Waals surface area contributed by atoms with Crippen LogP contribution >= 0.6 is 0 Å². The highest BCUT2D eigenvalue weighted by atomic mass is 16.3. The molecule has 3 aliphatic carbocycles. The number of rotatable bonds is 3. The molecular weight excluding hydrogens is 492 g/mol. The Bertz CT molecular complexity index is 1390. The normalized spacial score (nSPS) is 34.6. The summed E-state index contributed by atoms with van der Waals surface area (Å²) in [6, 6.07) is 11.1. The zero-order valence-corrected chi connectivity index (χ0v) is 21.1. The number of carbonyl (C=O) groups excluding carboxylic acids is 3. The van der Waals surface area contributed by atoms with Gasteiger partial charge in [0, 0.05) is 29.0 Å². The van der Waals surface area contributed by atoms with E-state index in [0.29, 0.717) is 16.7 Å². The van der Waals surface area contributed by atoms with E-state index in [1.54, 1.807) is 43.3 Å². The number of carbonyl (C=O) groups is 3. The van der Waals surface area contributed by atoms with Gasteiger partial charge in [-0.2, -0.15) is 0 Å². The average Bonchev–Trinajstić information content (AvgIpc) is 2.86. The number of Topliss-reactive ketones (excluding diaryl/α,β-unsaturated/α-hetero) is 2. The molecule has 10 heteroatoms. The SMILES string of the molecule is C[C@H]1c2ccc(-c3ccccc3)c(O)c2C(O)=C2C(=O)[C@]3(O)C(=O)C(C(N)=O)C(O)[C@@H](N(C)C)[C@@H]3[C@@H](O)[C@@H]21. The molecule has 0 heterocycles. The van der Waals surface area contributed by atoms with Gasteiger partial charge in [-0.15, -0.1) is 0 Å². The van der Waals surface area contributed by atoms with Gasteiger partial charge in [0.1, 0.15) is 17.4 Å². The predicted octanol–water partition coefficient (Wildman–Crippen LogP) is 0.328. The van der Waals surface area contributed by atoms with Crippen molar-refractivity contribution in [3.8, 4) is 16.9 Å². The summed E-state index contributed by atoms with van der Waals surface area (Å²) >= 11 is 0. The molecule has 0 bridgehead atoms. The molecular formula is C28H30N2O8. The fourth-order valence-corrected chi connectivity index (χ4v) is 6.83. The third kappa shape index (κ3) is 3.24. The number of primary amides is 1. The lowest BCUT2D eigenvalue weighted by Gasteiger charge is -2.56. The molecule has 0 aromatic heterocycles. The number of hydrogen-bond donors (Lipinski definition) is 6. The number of aliphatic hydroxyl groups is 4. The number of phenols is 1. The zero-order chi connectivity index (χ0) is 27.8. The van der Waals surface area contributed by atoms with Crippen LogP contribution in [0.2, 0.25) is 0 Å². The van der Waals surface area contributed by atoms with E-state index in [2.05, 4.69) is 0 Å². The van der Waals surface area contributed by atoms with Crippen molar-refractivity contribution in [2.45, 2.75) is 36.7 Å². The Morgan fingerprint density at radius 3 is 2.21 bits per heavy atom. The summed E-state index contributed by atoms with van der Waals surface area (Å²) in [7, 11) is 3.04. The maximum atomic E-state index is 14.0. The second-order valence-electron chi connectivity index (χ2n) is 10.7. The highest BCUT2D eigenvalue weighted by Crippen LogP contribution is 2.56. The average molecular weight is 523 g/mol. The second-order valence-corrected chi connectivity index (χ2v) is 10.7. The van der Waals surface area contributed by atoms with Gasteiger partial charge in [0.05, 0.1) is 17.8 Å². The van der Waals surface area contributed by atoms with Crippen molar-refractivity contribution in [2.75, 3.05) is 14.1 Å². The van der Waals surface area contributed by atoms with Gasteiger partial charge >= 0.3 is 0 Å². The molecule has 2 unspecified atom stereocenters. The summed E-state index contributed by atoms with van der Waals surface area (Å²) in [6.07, 6.45) is -3.28. The van der Waals surface area contributed by atoms with E-state index in [1.807, 2.05) is 6.07 Å². The summed E-state index contributed by atoms with van der Waals surface area (Å²) in [4.78, 5) is 41.1. The van der Waals surface area contributed by atoms with Crippen molar-refractivity contribution >= 4 is 23.2 Å². The number of fused-ring (bicyclic) bond motifs is 3. The molecule has 1 amide bonds. The number of nitrogens with zero attached hydrogens (tertiary/aromatic N) is 1. The van der Waals surface area contributed by atoms with Crippen LogP contribution in [-0.2, 0) is 14.4 Å². The van der Waals surface area contributed by atoms with Gasteiger partial charge in [0.15, 0.2) is 11.4 Å². The molecule has 3 aliphatic rings. The molecule has 10 nitrogen and oxygen atoms in total. The lowest BCUT2D eigenvalue weighted by molar-refractivity contribution is -0.199. The van der Waals surface area contributed by atoms with Crippen molar-refractivity contribution in [3.05, 3.63) is 59.2 Å². The first-order chi connectivity index (χ1) is 17.8. The molecule has 0 radical (unpaired) electrons. The monoisotopic (exact) mass is 522 g/mol. The molecule has 200 valence electrons. The van der Waals surface area contributed by atoms with Crippen LogP contribution in [0.4, 0.5) is 0 Å². The zero-order valence-electron chi connectivity index (χ0n) is 21.1. The topological polar surface area (TPSA) is 182 Å². The number of aromatic hydroxyl groups is 1. The number of benzene rings is 2. The van der Waals surface area contributed by atoms with E-state index in [0.717, 1.165) is 0 Å². The Kier molecular flexibility index (Phi) is 5.99. The maximum Gasteiger partial charge on any atom is 0.230 e. The van der Waals surface area contributed by atoms with E-state index in [9.17, 15) is 39.9 Å². The molecule has 5 rings (SSSR count). The summed E-state index contributed by atoms with van der Waals surface area (Å²) in [5.74, 6) is -9.85. The highest BCUT2D eigenvalue weighted by Gasteiger charge is 2.71. The fraction of sp³-hybridized carbons (Fsp3) is 0.393. The third-order valence-electron chi connectivity index (χ3n) is 8.58. The molecule has 2 aromatic carbocycles. The number of amides is 1. The smallest absolute Gasteiger partial charge is 0.230 e. The number of phenolic OH excluding ortho intramolecular Hbond substituents is 1. The lowest BCUT2D eigenvalue weighted by Crippen LogP contribution is -2.76. The van der Waals surface area contributed by atoms with Crippen LogP contribution in [0.25, 0.3) is 16.9 Å². The number of nitrogens with two attached hydrogens (primary N) is 1. The largest absolute Gasteiger partial charge is 0.507 e. The molecule has 8 atom stereocenters. The minimum Gasteiger partial charge on any atom is -0.507 e.